The summed E-state index contributed by atoms with van der Waals surface area (Å²) in [5.41, 5.74) is 0.550. The third-order valence-electron chi connectivity index (χ3n) is 3.41. The summed E-state index contributed by atoms with van der Waals surface area (Å²) in [6.45, 7) is 4.47. The predicted octanol–water partition coefficient (Wildman–Crippen LogP) is 4.20. The van der Waals surface area contributed by atoms with Gasteiger partial charge in [0.05, 0.1) is 0 Å². The van der Waals surface area contributed by atoms with E-state index in [1.807, 2.05) is 0 Å². The van der Waals surface area contributed by atoms with Crippen molar-refractivity contribution in [1.82, 2.24) is 0 Å². The molecule has 0 heterocycles. The van der Waals surface area contributed by atoms with Gasteiger partial charge in [0.25, 0.3) is 0 Å². The first kappa shape index (κ1) is 12.3. The van der Waals surface area contributed by atoms with Crippen molar-refractivity contribution in [1.29, 1.82) is 0 Å². The molecule has 1 aromatic carbocycles. The molecule has 1 aliphatic carbocycles. The molecule has 2 rings (SSSR count). The van der Waals surface area contributed by atoms with Crippen LogP contribution in [0.15, 0.2) is 18.2 Å². The largest absolute Gasteiger partial charge is 0.382 e. The van der Waals surface area contributed by atoms with Gasteiger partial charge in [-0.1, -0.05) is 13.8 Å². The monoisotopic (exact) mass is 239 g/mol. The van der Waals surface area contributed by atoms with Gasteiger partial charge in [-0.05, 0) is 43.2 Å². The van der Waals surface area contributed by atoms with E-state index < -0.39 is 11.6 Å². The van der Waals surface area contributed by atoms with Gasteiger partial charge in [0.2, 0.25) is 0 Å². The summed E-state index contributed by atoms with van der Waals surface area (Å²) in [6.07, 6.45) is 3.39. The lowest BCUT2D eigenvalue weighted by Gasteiger charge is -2.32. The maximum Gasteiger partial charge on any atom is 0.128 e. The molecule has 0 bridgehead atoms. The van der Waals surface area contributed by atoms with E-state index in [2.05, 4.69) is 19.2 Å². The molecule has 1 fully saturated rings. The molecule has 0 aromatic heterocycles. The Morgan fingerprint density at radius 2 is 1.47 bits per heavy atom. The summed E-state index contributed by atoms with van der Waals surface area (Å²) in [6, 6.07) is 3.94. The number of benzene rings is 1. The van der Waals surface area contributed by atoms with Gasteiger partial charge >= 0.3 is 0 Å². The normalized spacial score (nSPS) is 29.1. The molecule has 2 unspecified atom stereocenters. The zero-order valence-corrected chi connectivity index (χ0v) is 10.3. The minimum absolute atomic E-state index is 0.329. The van der Waals surface area contributed by atoms with E-state index in [4.69, 9.17) is 0 Å². The highest BCUT2D eigenvalue weighted by molar-refractivity contribution is 5.44. The minimum Gasteiger partial charge on any atom is -0.382 e. The lowest BCUT2D eigenvalue weighted by atomic mass is 9.80. The maximum absolute atomic E-state index is 13.1. The van der Waals surface area contributed by atoms with E-state index in [0.29, 0.717) is 23.6 Å². The Morgan fingerprint density at radius 3 is 2.00 bits per heavy atom. The molecule has 1 nitrogen and oxygen atoms in total. The van der Waals surface area contributed by atoms with Crippen molar-refractivity contribution >= 4 is 5.69 Å². The van der Waals surface area contributed by atoms with Gasteiger partial charge in [0.1, 0.15) is 11.6 Å². The molecule has 0 aliphatic heterocycles. The van der Waals surface area contributed by atoms with Gasteiger partial charge in [0.15, 0.2) is 0 Å². The van der Waals surface area contributed by atoms with Gasteiger partial charge in [-0.15, -0.1) is 0 Å². The molecule has 1 aromatic rings. The zero-order valence-electron chi connectivity index (χ0n) is 10.3. The van der Waals surface area contributed by atoms with Crippen LogP contribution in [-0.4, -0.2) is 6.04 Å². The third kappa shape index (κ3) is 3.42. The number of hydrogen-bond donors (Lipinski definition) is 1. The second-order valence-electron chi connectivity index (χ2n) is 5.42. The summed E-state index contributed by atoms with van der Waals surface area (Å²) >= 11 is 0. The second-order valence-corrected chi connectivity index (χ2v) is 5.42. The first-order chi connectivity index (χ1) is 8.02. The molecule has 2 atom stereocenters. The Bertz CT molecular complexity index is 362. The van der Waals surface area contributed by atoms with Crippen LogP contribution in [0.1, 0.15) is 33.1 Å². The fourth-order valence-corrected chi connectivity index (χ4v) is 2.94. The third-order valence-corrected chi connectivity index (χ3v) is 3.41. The number of rotatable bonds is 2. The SMILES string of the molecule is CC1CC(C)CC(Nc2cc(F)cc(F)c2)C1. The number of hydrogen-bond acceptors (Lipinski definition) is 1. The minimum atomic E-state index is -0.524. The average molecular weight is 239 g/mol. The van der Waals surface area contributed by atoms with Crippen LogP contribution in [0.2, 0.25) is 0 Å². The molecular weight excluding hydrogens is 220 g/mol. The predicted molar refractivity (Wildman–Crippen MR) is 65.9 cm³/mol. The molecule has 1 saturated carbocycles. The van der Waals surface area contributed by atoms with Crippen LogP contribution in [0.3, 0.4) is 0 Å². The molecule has 0 radical (unpaired) electrons. The van der Waals surface area contributed by atoms with E-state index >= 15 is 0 Å². The Hall–Kier alpha value is -1.12. The lowest BCUT2D eigenvalue weighted by molar-refractivity contribution is 0.281. The summed E-state index contributed by atoms with van der Waals surface area (Å²) in [5.74, 6) is 0.304. The number of halogens is 2. The molecule has 17 heavy (non-hydrogen) atoms. The fourth-order valence-electron chi connectivity index (χ4n) is 2.94. The molecule has 0 spiro atoms. The fraction of sp³-hybridized carbons (Fsp3) is 0.571. The highest BCUT2D eigenvalue weighted by Crippen LogP contribution is 2.30. The van der Waals surface area contributed by atoms with Gasteiger partial charge in [-0.25, -0.2) is 8.78 Å². The highest BCUT2D eigenvalue weighted by Gasteiger charge is 2.23. The van der Waals surface area contributed by atoms with Crippen molar-refractivity contribution in [2.45, 2.75) is 39.2 Å². The highest BCUT2D eigenvalue weighted by atomic mass is 19.1. The second kappa shape index (κ2) is 5.03. The standard InChI is InChI=1S/C14H19F2N/c1-9-3-10(2)5-13(4-9)17-14-7-11(15)6-12(16)8-14/h6-10,13,17H,3-5H2,1-2H3. The average Bonchev–Trinajstić information content (AvgIpc) is 2.13. The van der Waals surface area contributed by atoms with E-state index in [9.17, 15) is 8.78 Å². The van der Waals surface area contributed by atoms with Crippen LogP contribution in [0.4, 0.5) is 14.5 Å². The van der Waals surface area contributed by atoms with Crippen LogP contribution < -0.4 is 5.32 Å². The Morgan fingerprint density at radius 1 is 0.941 bits per heavy atom. The van der Waals surface area contributed by atoms with Gasteiger partial charge in [0, 0.05) is 17.8 Å². The summed E-state index contributed by atoms with van der Waals surface area (Å²) < 4.78 is 26.1. The van der Waals surface area contributed by atoms with Gasteiger partial charge in [-0.3, -0.25) is 0 Å². The van der Waals surface area contributed by atoms with Crippen molar-refractivity contribution in [2.75, 3.05) is 5.32 Å². The zero-order chi connectivity index (χ0) is 12.4. The first-order valence-electron chi connectivity index (χ1n) is 6.25. The summed E-state index contributed by atoms with van der Waals surface area (Å²) in [5, 5.41) is 3.24. The molecule has 3 heteroatoms. The molecule has 1 N–H and O–H groups in total. The quantitative estimate of drug-likeness (QED) is 0.815. The van der Waals surface area contributed by atoms with Crippen molar-refractivity contribution in [3.8, 4) is 0 Å². The van der Waals surface area contributed by atoms with Crippen molar-refractivity contribution in [2.24, 2.45) is 11.8 Å². The van der Waals surface area contributed by atoms with E-state index in [0.717, 1.165) is 18.9 Å². The number of anilines is 1. The Kier molecular flexibility index (Phi) is 3.65. The van der Waals surface area contributed by atoms with Crippen LogP contribution in [0.5, 0.6) is 0 Å². The Balaban J connectivity index is 2.04. The molecular formula is C14H19F2N. The van der Waals surface area contributed by atoms with Crippen LogP contribution in [-0.2, 0) is 0 Å². The van der Waals surface area contributed by atoms with Crippen LogP contribution in [0, 0.1) is 23.5 Å². The number of nitrogens with one attached hydrogen (secondary N) is 1. The summed E-state index contributed by atoms with van der Waals surface area (Å²) in [4.78, 5) is 0. The first-order valence-corrected chi connectivity index (χ1v) is 6.25. The van der Waals surface area contributed by atoms with E-state index in [1.54, 1.807) is 0 Å². The van der Waals surface area contributed by atoms with E-state index in [1.165, 1.54) is 18.6 Å². The Labute approximate surface area is 101 Å². The molecule has 0 amide bonds. The smallest absolute Gasteiger partial charge is 0.128 e. The molecule has 0 saturated heterocycles. The van der Waals surface area contributed by atoms with E-state index in [-0.39, 0.29) is 0 Å². The van der Waals surface area contributed by atoms with Crippen LogP contribution in [0.25, 0.3) is 0 Å². The van der Waals surface area contributed by atoms with Crippen LogP contribution >= 0.6 is 0 Å². The maximum atomic E-state index is 13.1. The van der Waals surface area contributed by atoms with Gasteiger partial charge < -0.3 is 5.32 Å². The van der Waals surface area contributed by atoms with Crippen molar-refractivity contribution in [3.05, 3.63) is 29.8 Å². The topological polar surface area (TPSA) is 12.0 Å². The van der Waals surface area contributed by atoms with Crippen molar-refractivity contribution in [3.63, 3.8) is 0 Å². The lowest BCUT2D eigenvalue weighted by Crippen LogP contribution is -2.30. The molecule has 1 aliphatic rings. The van der Waals surface area contributed by atoms with Gasteiger partial charge in [-0.2, -0.15) is 0 Å². The van der Waals surface area contributed by atoms with Crippen molar-refractivity contribution < 1.29 is 8.78 Å². The summed E-state index contributed by atoms with van der Waals surface area (Å²) in [7, 11) is 0. The molecule has 94 valence electrons.